The van der Waals surface area contributed by atoms with Crippen LogP contribution < -0.4 is 15.4 Å². The third-order valence-electron chi connectivity index (χ3n) is 4.70. The van der Waals surface area contributed by atoms with Gasteiger partial charge in [-0.1, -0.05) is 24.3 Å². The summed E-state index contributed by atoms with van der Waals surface area (Å²) in [5, 5.41) is 0. The SMILES string of the molecule is NC(=O)c1cccc2c1CCCN2C(=O)C1Cc2ccccc2O1. The van der Waals surface area contributed by atoms with Crippen LogP contribution in [0.1, 0.15) is 27.9 Å². The maximum Gasteiger partial charge on any atom is 0.268 e. The maximum absolute atomic E-state index is 13.0. The highest BCUT2D eigenvalue weighted by atomic mass is 16.5. The van der Waals surface area contributed by atoms with Gasteiger partial charge in [-0.2, -0.15) is 0 Å². The molecule has 2 N–H and O–H groups in total. The second kappa shape index (κ2) is 5.67. The Hall–Kier alpha value is -2.82. The highest BCUT2D eigenvalue weighted by Gasteiger charge is 2.35. The van der Waals surface area contributed by atoms with Crippen LogP contribution in [-0.4, -0.2) is 24.5 Å². The van der Waals surface area contributed by atoms with E-state index >= 15 is 0 Å². The number of hydrogen-bond donors (Lipinski definition) is 1. The molecule has 0 spiro atoms. The van der Waals surface area contributed by atoms with Gasteiger partial charge in [-0.25, -0.2) is 0 Å². The van der Waals surface area contributed by atoms with Gasteiger partial charge < -0.3 is 15.4 Å². The van der Waals surface area contributed by atoms with E-state index in [-0.39, 0.29) is 5.91 Å². The van der Waals surface area contributed by atoms with Gasteiger partial charge in [0.25, 0.3) is 5.91 Å². The number of carbonyl (C=O) groups is 2. The molecule has 2 aliphatic heterocycles. The molecule has 0 aliphatic carbocycles. The van der Waals surface area contributed by atoms with Crippen molar-refractivity contribution in [2.45, 2.75) is 25.4 Å². The normalized spacial score (nSPS) is 18.5. The van der Waals surface area contributed by atoms with Crippen molar-refractivity contribution in [3.8, 4) is 5.75 Å². The summed E-state index contributed by atoms with van der Waals surface area (Å²) in [5.41, 5.74) is 8.67. The van der Waals surface area contributed by atoms with Crippen LogP contribution in [0.2, 0.25) is 0 Å². The van der Waals surface area contributed by atoms with E-state index in [0.717, 1.165) is 35.4 Å². The second-order valence-electron chi connectivity index (χ2n) is 6.18. The summed E-state index contributed by atoms with van der Waals surface area (Å²) in [4.78, 5) is 26.4. The Kier molecular flexibility index (Phi) is 3.49. The molecule has 4 rings (SSSR count). The number of benzene rings is 2. The Labute approximate surface area is 140 Å². The number of carbonyl (C=O) groups excluding carboxylic acids is 2. The summed E-state index contributed by atoms with van der Waals surface area (Å²) >= 11 is 0. The smallest absolute Gasteiger partial charge is 0.268 e. The number of ether oxygens (including phenoxy) is 1. The van der Waals surface area contributed by atoms with Crippen LogP contribution in [-0.2, 0) is 17.6 Å². The zero-order chi connectivity index (χ0) is 16.7. The lowest BCUT2D eigenvalue weighted by Crippen LogP contribution is -2.44. The number of nitrogens with zero attached hydrogens (tertiary/aromatic N) is 1. The Morgan fingerprint density at radius 3 is 2.75 bits per heavy atom. The third-order valence-corrected chi connectivity index (χ3v) is 4.70. The standard InChI is InChI=1S/C19H18N2O3/c20-18(22)14-6-3-8-15-13(14)7-4-10-21(15)19(23)17-11-12-5-1-2-9-16(12)24-17/h1-3,5-6,8-9,17H,4,7,10-11H2,(H2,20,22). The molecule has 0 saturated heterocycles. The topological polar surface area (TPSA) is 72.6 Å². The van der Waals surface area contributed by atoms with Crippen molar-refractivity contribution in [2.75, 3.05) is 11.4 Å². The molecule has 0 bridgehead atoms. The van der Waals surface area contributed by atoms with Gasteiger partial charge in [-0.05, 0) is 42.2 Å². The zero-order valence-corrected chi connectivity index (χ0v) is 13.2. The van der Waals surface area contributed by atoms with E-state index in [2.05, 4.69) is 0 Å². The molecule has 1 atom stereocenters. The molecule has 0 aromatic heterocycles. The molecule has 5 heteroatoms. The van der Waals surface area contributed by atoms with E-state index in [0.29, 0.717) is 18.5 Å². The average molecular weight is 322 g/mol. The number of fused-ring (bicyclic) bond motifs is 2. The minimum Gasteiger partial charge on any atom is -0.480 e. The van der Waals surface area contributed by atoms with Crippen LogP contribution in [0.4, 0.5) is 5.69 Å². The summed E-state index contributed by atoms with van der Waals surface area (Å²) in [6.45, 7) is 0.629. The third kappa shape index (κ3) is 2.33. The van der Waals surface area contributed by atoms with Crippen LogP contribution in [0.5, 0.6) is 5.75 Å². The number of para-hydroxylation sites is 1. The Morgan fingerprint density at radius 2 is 1.96 bits per heavy atom. The monoisotopic (exact) mass is 322 g/mol. The number of anilines is 1. The molecule has 24 heavy (non-hydrogen) atoms. The van der Waals surface area contributed by atoms with Gasteiger partial charge in [0.05, 0.1) is 0 Å². The first-order valence-electron chi connectivity index (χ1n) is 8.13. The van der Waals surface area contributed by atoms with Crippen LogP contribution in [0.3, 0.4) is 0 Å². The van der Waals surface area contributed by atoms with Gasteiger partial charge in [0, 0.05) is 24.2 Å². The van der Waals surface area contributed by atoms with Crippen LogP contribution in [0.15, 0.2) is 42.5 Å². The van der Waals surface area contributed by atoms with Crippen molar-refractivity contribution in [3.05, 3.63) is 59.2 Å². The molecule has 0 saturated carbocycles. The zero-order valence-electron chi connectivity index (χ0n) is 13.2. The first kappa shape index (κ1) is 14.8. The highest BCUT2D eigenvalue weighted by molar-refractivity contribution is 6.02. The van der Waals surface area contributed by atoms with E-state index in [1.54, 1.807) is 17.0 Å². The minimum atomic E-state index is -0.509. The lowest BCUT2D eigenvalue weighted by molar-refractivity contribution is -0.124. The molecule has 2 aromatic rings. The predicted octanol–water partition coefficient (Wildman–Crippen LogP) is 2.07. The van der Waals surface area contributed by atoms with Gasteiger partial charge in [0.1, 0.15) is 5.75 Å². The molecule has 0 radical (unpaired) electrons. The second-order valence-corrected chi connectivity index (χ2v) is 6.18. The fourth-order valence-electron chi connectivity index (χ4n) is 3.58. The number of amides is 2. The first-order valence-corrected chi connectivity index (χ1v) is 8.13. The van der Waals surface area contributed by atoms with Crippen molar-refractivity contribution >= 4 is 17.5 Å². The number of hydrogen-bond acceptors (Lipinski definition) is 3. The molecule has 2 amide bonds. The number of primary amides is 1. The lowest BCUT2D eigenvalue weighted by Gasteiger charge is -2.32. The molecule has 1 unspecified atom stereocenters. The van der Waals surface area contributed by atoms with Crippen LogP contribution >= 0.6 is 0 Å². The molecule has 122 valence electrons. The minimum absolute atomic E-state index is 0.0613. The fourth-order valence-corrected chi connectivity index (χ4v) is 3.58. The van der Waals surface area contributed by atoms with Crippen molar-refractivity contribution in [1.82, 2.24) is 0 Å². The molecular weight excluding hydrogens is 304 g/mol. The number of rotatable bonds is 2. The predicted molar refractivity (Wildman–Crippen MR) is 90.2 cm³/mol. The lowest BCUT2D eigenvalue weighted by atomic mass is 9.95. The Balaban J connectivity index is 1.64. The molecule has 2 aromatic carbocycles. The van der Waals surface area contributed by atoms with Crippen molar-refractivity contribution < 1.29 is 14.3 Å². The van der Waals surface area contributed by atoms with E-state index in [1.807, 2.05) is 30.3 Å². The van der Waals surface area contributed by atoms with E-state index in [4.69, 9.17) is 10.5 Å². The quantitative estimate of drug-likeness (QED) is 0.920. The molecule has 2 heterocycles. The molecular formula is C19H18N2O3. The first-order chi connectivity index (χ1) is 11.6. The molecule has 2 aliphatic rings. The summed E-state index contributed by atoms with van der Waals surface area (Å²) < 4.78 is 5.83. The number of nitrogens with two attached hydrogens (primary N) is 1. The van der Waals surface area contributed by atoms with Gasteiger partial charge in [0.2, 0.25) is 5.91 Å². The van der Waals surface area contributed by atoms with Crippen LogP contribution in [0.25, 0.3) is 0 Å². The fraction of sp³-hybridized carbons (Fsp3) is 0.263. The van der Waals surface area contributed by atoms with Gasteiger partial charge in [-0.3, -0.25) is 9.59 Å². The summed E-state index contributed by atoms with van der Waals surface area (Å²) in [7, 11) is 0. The summed E-state index contributed by atoms with van der Waals surface area (Å²) in [6.07, 6.45) is 1.63. The van der Waals surface area contributed by atoms with E-state index in [1.165, 1.54) is 0 Å². The van der Waals surface area contributed by atoms with Crippen LogP contribution in [0, 0.1) is 0 Å². The van der Waals surface area contributed by atoms with Gasteiger partial charge in [-0.15, -0.1) is 0 Å². The van der Waals surface area contributed by atoms with Gasteiger partial charge in [0.15, 0.2) is 6.10 Å². The molecule has 5 nitrogen and oxygen atoms in total. The Bertz CT molecular complexity index is 806. The van der Waals surface area contributed by atoms with E-state index in [9.17, 15) is 9.59 Å². The summed E-state index contributed by atoms with van der Waals surface area (Å²) in [5.74, 6) is 0.262. The van der Waals surface area contributed by atoms with E-state index < -0.39 is 12.0 Å². The van der Waals surface area contributed by atoms with Crippen molar-refractivity contribution in [2.24, 2.45) is 5.73 Å². The Morgan fingerprint density at radius 1 is 1.12 bits per heavy atom. The average Bonchev–Trinajstić information content (AvgIpc) is 3.04. The maximum atomic E-state index is 13.0. The van der Waals surface area contributed by atoms with Crippen molar-refractivity contribution in [1.29, 1.82) is 0 Å². The van der Waals surface area contributed by atoms with Crippen molar-refractivity contribution in [3.63, 3.8) is 0 Å². The molecule has 0 fully saturated rings. The highest BCUT2D eigenvalue weighted by Crippen LogP contribution is 2.33. The van der Waals surface area contributed by atoms with Gasteiger partial charge >= 0.3 is 0 Å². The largest absolute Gasteiger partial charge is 0.480 e. The summed E-state index contributed by atoms with van der Waals surface area (Å²) in [6, 6.07) is 13.1.